The van der Waals surface area contributed by atoms with Crippen LogP contribution in [0.4, 0.5) is 10.8 Å². The summed E-state index contributed by atoms with van der Waals surface area (Å²) in [5.41, 5.74) is 6.28. The van der Waals surface area contributed by atoms with E-state index in [-0.39, 0.29) is 12.5 Å². The normalized spacial score (nSPS) is 10.8. The molecular formula is C26H20BrClN4O4S. The fraction of sp³-hybridized carbons (Fsp3) is 0.0769. The van der Waals surface area contributed by atoms with Crippen LogP contribution in [-0.2, 0) is 9.53 Å². The molecule has 11 heteroatoms. The monoisotopic (exact) mass is 598 g/mol. The molecule has 188 valence electrons. The van der Waals surface area contributed by atoms with Gasteiger partial charge in [-0.15, -0.1) is 11.3 Å². The number of thiazole rings is 1. The van der Waals surface area contributed by atoms with Crippen molar-refractivity contribution >= 4 is 67.8 Å². The zero-order chi connectivity index (χ0) is 26.2. The molecule has 1 aromatic heterocycles. The van der Waals surface area contributed by atoms with Gasteiger partial charge in [0.05, 0.1) is 23.5 Å². The third-order valence-corrected chi connectivity index (χ3v) is 6.58. The number of anilines is 2. The molecule has 3 aromatic carbocycles. The van der Waals surface area contributed by atoms with Gasteiger partial charge >= 0.3 is 5.97 Å². The van der Waals surface area contributed by atoms with Crippen LogP contribution in [0.3, 0.4) is 0 Å². The highest BCUT2D eigenvalue weighted by Gasteiger charge is 2.09. The summed E-state index contributed by atoms with van der Waals surface area (Å²) >= 11 is 10.8. The molecule has 0 aliphatic rings. The number of amides is 1. The fourth-order valence-corrected chi connectivity index (χ4v) is 4.43. The Morgan fingerprint density at radius 1 is 1.11 bits per heavy atom. The van der Waals surface area contributed by atoms with Crippen LogP contribution in [0.25, 0.3) is 11.3 Å². The first-order valence-corrected chi connectivity index (χ1v) is 12.9. The van der Waals surface area contributed by atoms with E-state index in [1.165, 1.54) is 24.7 Å². The lowest BCUT2D eigenvalue weighted by atomic mass is 10.1. The number of methoxy groups -OCH3 is 1. The van der Waals surface area contributed by atoms with E-state index in [0.717, 1.165) is 27.6 Å². The average molecular weight is 600 g/mol. The SMILES string of the molecule is COC(=O)COc1ccc(/C=N\NC(=O)c2ccc(-c3csc(Nc4ccc(Cl)cc4)n3)cc2)cc1Br. The van der Waals surface area contributed by atoms with Crippen molar-refractivity contribution in [2.45, 2.75) is 0 Å². The maximum absolute atomic E-state index is 12.5. The first-order chi connectivity index (χ1) is 17.9. The maximum atomic E-state index is 12.5. The largest absolute Gasteiger partial charge is 0.481 e. The van der Waals surface area contributed by atoms with Crippen molar-refractivity contribution in [3.8, 4) is 17.0 Å². The predicted molar refractivity (Wildman–Crippen MR) is 149 cm³/mol. The summed E-state index contributed by atoms with van der Waals surface area (Å²) < 4.78 is 10.6. The van der Waals surface area contributed by atoms with E-state index in [4.69, 9.17) is 16.3 Å². The van der Waals surface area contributed by atoms with E-state index in [0.29, 0.717) is 20.8 Å². The minimum Gasteiger partial charge on any atom is -0.481 e. The zero-order valence-electron chi connectivity index (χ0n) is 19.4. The van der Waals surface area contributed by atoms with Crippen LogP contribution in [-0.4, -0.2) is 36.8 Å². The number of benzene rings is 3. The number of rotatable bonds is 9. The molecule has 0 spiro atoms. The Morgan fingerprint density at radius 2 is 1.86 bits per heavy atom. The van der Waals surface area contributed by atoms with E-state index in [2.05, 4.69) is 41.5 Å². The fourth-order valence-electron chi connectivity index (χ4n) is 3.05. The summed E-state index contributed by atoms with van der Waals surface area (Å²) in [4.78, 5) is 28.3. The third kappa shape index (κ3) is 7.39. The quantitative estimate of drug-likeness (QED) is 0.133. The average Bonchev–Trinajstić information content (AvgIpc) is 3.38. The van der Waals surface area contributed by atoms with Gasteiger partial charge in [-0.2, -0.15) is 5.10 Å². The molecule has 0 bridgehead atoms. The maximum Gasteiger partial charge on any atom is 0.343 e. The van der Waals surface area contributed by atoms with Crippen LogP contribution < -0.4 is 15.5 Å². The highest BCUT2D eigenvalue weighted by Crippen LogP contribution is 2.28. The zero-order valence-corrected chi connectivity index (χ0v) is 22.6. The van der Waals surface area contributed by atoms with Crippen LogP contribution in [0.5, 0.6) is 5.75 Å². The van der Waals surface area contributed by atoms with Crippen molar-refractivity contribution in [3.05, 3.63) is 92.7 Å². The molecule has 0 saturated heterocycles. The molecule has 1 amide bonds. The van der Waals surface area contributed by atoms with E-state index in [1.54, 1.807) is 30.3 Å². The Morgan fingerprint density at radius 3 is 2.57 bits per heavy atom. The summed E-state index contributed by atoms with van der Waals surface area (Å²) in [6.07, 6.45) is 1.51. The molecule has 0 unspecified atom stereocenters. The number of hydrogen-bond donors (Lipinski definition) is 2. The van der Waals surface area contributed by atoms with Gasteiger partial charge in [0.2, 0.25) is 0 Å². The van der Waals surface area contributed by atoms with E-state index in [1.807, 2.05) is 41.8 Å². The van der Waals surface area contributed by atoms with Crippen molar-refractivity contribution in [3.63, 3.8) is 0 Å². The number of nitrogens with zero attached hydrogens (tertiary/aromatic N) is 2. The Hall–Kier alpha value is -3.73. The highest BCUT2D eigenvalue weighted by atomic mass is 79.9. The molecule has 1 heterocycles. The first kappa shape index (κ1) is 26.3. The van der Waals surface area contributed by atoms with Gasteiger partial charge in [-0.25, -0.2) is 15.2 Å². The molecule has 4 rings (SSSR count). The van der Waals surface area contributed by atoms with Gasteiger partial charge in [0, 0.05) is 27.2 Å². The smallest absolute Gasteiger partial charge is 0.343 e. The molecule has 0 aliphatic heterocycles. The summed E-state index contributed by atoms with van der Waals surface area (Å²) in [5.74, 6) is -0.335. The van der Waals surface area contributed by atoms with Gasteiger partial charge in [-0.3, -0.25) is 4.79 Å². The summed E-state index contributed by atoms with van der Waals surface area (Å²) in [6.45, 7) is -0.193. The number of aromatic nitrogens is 1. The van der Waals surface area contributed by atoms with Gasteiger partial charge in [0.1, 0.15) is 5.75 Å². The van der Waals surface area contributed by atoms with Crippen LogP contribution in [0.15, 0.2) is 81.7 Å². The number of nitrogens with one attached hydrogen (secondary N) is 2. The summed E-state index contributed by atoms with van der Waals surface area (Å²) in [7, 11) is 1.29. The Bertz CT molecular complexity index is 1430. The molecule has 0 aliphatic carbocycles. The van der Waals surface area contributed by atoms with Gasteiger partial charge in [-0.1, -0.05) is 23.7 Å². The lowest BCUT2D eigenvalue weighted by Crippen LogP contribution is -2.17. The van der Waals surface area contributed by atoms with Crippen LogP contribution in [0.1, 0.15) is 15.9 Å². The third-order valence-electron chi connectivity index (χ3n) is 4.95. The minimum absolute atomic E-state index is 0.193. The number of ether oxygens (including phenoxy) is 2. The molecule has 8 nitrogen and oxygen atoms in total. The number of carbonyl (C=O) groups is 2. The predicted octanol–water partition coefficient (Wildman–Crippen LogP) is 6.29. The number of halogens is 2. The van der Waals surface area contributed by atoms with Crippen molar-refractivity contribution < 1.29 is 19.1 Å². The van der Waals surface area contributed by atoms with E-state index < -0.39 is 5.97 Å². The second-order valence-electron chi connectivity index (χ2n) is 7.50. The van der Waals surface area contributed by atoms with Crippen LogP contribution in [0, 0.1) is 0 Å². The second kappa shape index (κ2) is 12.5. The molecule has 37 heavy (non-hydrogen) atoms. The van der Waals surface area contributed by atoms with Gasteiger partial charge < -0.3 is 14.8 Å². The van der Waals surface area contributed by atoms with Gasteiger partial charge in [0.15, 0.2) is 11.7 Å². The Balaban J connectivity index is 1.32. The van der Waals surface area contributed by atoms with Crippen molar-refractivity contribution in [2.75, 3.05) is 19.0 Å². The summed E-state index contributed by atoms with van der Waals surface area (Å²) in [5, 5.41) is 10.6. The van der Waals surface area contributed by atoms with Crippen molar-refractivity contribution in [2.24, 2.45) is 5.10 Å². The summed E-state index contributed by atoms with van der Waals surface area (Å²) in [6, 6.07) is 19.7. The Labute approximate surface area is 230 Å². The van der Waals surface area contributed by atoms with Gasteiger partial charge in [-0.05, 0) is 76.1 Å². The topological polar surface area (TPSA) is 102 Å². The van der Waals surface area contributed by atoms with E-state index in [9.17, 15) is 9.59 Å². The van der Waals surface area contributed by atoms with Gasteiger partial charge in [0.25, 0.3) is 5.91 Å². The second-order valence-corrected chi connectivity index (χ2v) is 9.65. The molecule has 4 aromatic rings. The standard InChI is InChI=1S/C26H20BrClN4O4S/c1-35-24(33)14-36-23-11-2-16(12-21(23)27)13-29-32-25(34)18-5-3-17(4-6-18)22-15-37-26(31-22)30-20-9-7-19(28)8-10-20/h2-13,15H,14H2,1H3,(H,30,31)(H,32,34)/b29-13-. The lowest BCUT2D eigenvalue weighted by Gasteiger charge is -2.07. The molecule has 0 saturated carbocycles. The van der Waals surface area contributed by atoms with Crippen molar-refractivity contribution in [1.29, 1.82) is 0 Å². The molecule has 0 atom stereocenters. The lowest BCUT2D eigenvalue weighted by molar-refractivity contribution is -0.142. The van der Waals surface area contributed by atoms with Crippen LogP contribution in [0.2, 0.25) is 5.02 Å². The highest BCUT2D eigenvalue weighted by molar-refractivity contribution is 9.10. The Kier molecular flexibility index (Phi) is 8.89. The number of hydrogen-bond acceptors (Lipinski definition) is 8. The van der Waals surface area contributed by atoms with E-state index >= 15 is 0 Å². The molecular weight excluding hydrogens is 580 g/mol. The van der Waals surface area contributed by atoms with Crippen LogP contribution >= 0.6 is 38.9 Å². The molecule has 0 fully saturated rings. The number of carbonyl (C=O) groups excluding carboxylic acids is 2. The number of esters is 1. The molecule has 0 radical (unpaired) electrons. The first-order valence-electron chi connectivity index (χ1n) is 10.8. The number of hydrazone groups is 1. The van der Waals surface area contributed by atoms with Crippen molar-refractivity contribution in [1.82, 2.24) is 10.4 Å². The molecule has 2 N–H and O–H groups in total. The minimum atomic E-state index is -0.476.